The lowest BCUT2D eigenvalue weighted by atomic mass is 9.60. The number of quaternary nitrogens is 1. The molecule has 5 bridgehead atoms. The van der Waals surface area contributed by atoms with Gasteiger partial charge in [-0.15, -0.1) is 0 Å². The van der Waals surface area contributed by atoms with Gasteiger partial charge in [-0.3, -0.25) is 4.48 Å². The van der Waals surface area contributed by atoms with Gasteiger partial charge >= 0.3 is 5.97 Å². The highest BCUT2D eigenvalue weighted by Crippen LogP contribution is 2.71. The second kappa shape index (κ2) is 5.99. The van der Waals surface area contributed by atoms with Gasteiger partial charge in [-0.1, -0.05) is 25.1 Å². The second-order valence-electron chi connectivity index (χ2n) is 10.3. The van der Waals surface area contributed by atoms with E-state index in [0.29, 0.717) is 17.0 Å². The molecule has 5 fully saturated rings. The Bertz CT molecular complexity index is 907. The van der Waals surface area contributed by atoms with Crippen molar-refractivity contribution in [1.29, 1.82) is 0 Å². The molecule has 5 aliphatic heterocycles. The number of carbonyl (C=O) groups is 1. The van der Waals surface area contributed by atoms with Gasteiger partial charge in [-0.25, -0.2) is 4.79 Å². The summed E-state index contributed by atoms with van der Waals surface area (Å²) in [6.07, 6.45) is 1.69. The van der Waals surface area contributed by atoms with Crippen LogP contribution in [0, 0.1) is 17.8 Å². The fraction of sp³-hybridized carbons (Fsp3) is 0.708. The van der Waals surface area contributed by atoms with Gasteiger partial charge in [-0.2, -0.15) is 0 Å². The van der Waals surface area contributed by atoms with Gasteiger partial charge in [0, 0.05) is 37.4 Å². The van der Waals surface area contributed by atoms with Gasteiger partial charge in [0.15, 0.2) is 12.8 Å². The van der Waals surface area contributed by atoms with Gasteiger partial charge in [0.25, 0.3) is 0 Å². The van der Waals surface area contributed by atoms with E-state index in [9.17, 15) is 15.0 Å². The molecule has 6 aliphatic rings. The van der Waals surface area contributed by atoms with E-state index in [1.54, 1.807) is 0 Å². The maximum atomic E-state index is 12.8. The van der Waals surface area contributed by atoms with E-state index in [1.165, 1.54) is 11.3 Å². The van der Waals surface area contributed by atoms with Crippen molar-refractivity contribution in [3.63, 3.8) is 0 Å². The normalized spacial score (nSPS) is 49.3. The summed E-state index contributed by atoms with van der Waals surface area (Å²) in [6, 6.07) is 8.84. The number of fused-ring (bicyclic) bond motifs is 2. The summed E-state index contributed by atoms with van der Waals surface area (Å²) in [7, 11) is 2.14. The number of aliphatic hydroxyl groups excluding tert-OH is 2. The minimum atomic E-state index is -0.565. The average Bonchev–Trinajstić information content (AvgIpc) is 3.11. The third kappa shape index (κ3) is 1.83. The lowest BCUT2D eigenvalue weighted by Crippen LogP contribution is -2.83. The first-order chi connectivity index (χ1) is 14.4. The summed E-state index contributed by atoms with van der Waals surface area (Å²) in [4.78, 5) is 15.2. The molecule has 30 heavy (non-hydrogen) atoms. The lowest BCUT2D eigenvalue weighted by Gasteiger charge is -2.67. The number of esters is 1. The van der Waals surface area contributed by atoms with E-state index in [4.69, 9.17) is 4.74 Å². The van der Waals surface area contributed by atoms with Gasteiger partial charge < -0.3 is 19.8 Å². The molecule has 1 saturated carbocycles. The highest BCUT2D eigenvalue weighted by molar-refractivity contribution is 5.71. The third-order valence-electron chi connectivity index (χ3n) is 9.83. The van der Waals surface area contributed by atoms with Crippen LogP contribution in [0.4, 0.5) is 5.69 Å². The Morgan fingerprint density at radius 2 is 2.03 bits per heavy atom. The van der Waals surface area contributed by atoms with Crippen LogP contribution >= 0.6 is 0 Å². The fourth-order valence-corrected chi connectivity index (χ4v) is 9.13. The molecule has 10 atom stereocenters. The van der Waals surface area contributed by atoms with Crippen molar-refractivity contribution >= 4 is 11.7 Å². The molecular formula is C24H33N2O4+. The molecule has 1 aliphatic carbocycles. The summed E-state index contributed by atoms with van der Waals surface area (Å²) in [5.74, 6) is 0.361. The zero-order valence-electron chi connectivity index (χ0n) is 18.1. The molecule has 2 N–H and O–H groups in total. The molecule has 4 saturated heterocycles. The highest BCUT2D eigenvalue weighted by atomic mass is 16.5. The van der Waals surface area contributed by atoms with Crippen LogP contribution in [0.15, 0.2) is 24.3 Å². The Labute approximate surface area is 178 Å². The summed E-state index contributed by atoms with van der Waals surface area (Å²) in [6.45, 7) is 4.55. The van der Waals surface area contributed by atoms with Crippen molar-refractivity contribution in [2.24, 2.45) is 17.8 Å². The number of rotatable bonds is 4. The molecule has 1 aromatic carbocycles. The van der Waals surface area contributed by atoms with Crippen molar-refractivity contribution in [3.8, 4) is 0 Å². The first kappa shape index (κ1) is 19.1. The van der Waals surface area contributed by atoms with Crippen LogP contribution in [0.1, 0.15) is 38.7 Å². The standard InChI is InChI=1S/C24H33N2O4/c1-4-13-14-10-17-21-24(15-8-6-7-9-16(15)25(21)3)11-18(20(14)22(24)28)26(17,23(13)29)12-19(27)30-5-2/h6-9,13-14,17-18,20-23,28-29H,4-5,10-12H2,1-3H3/q+1/t13-,14-,17+,18-,20+,21-,22-,23+,24+,26?/m0/s1. The number of benzene rings is 1. The zero-order valence-corrected chi connectivity index (χ0v) is 18.1. The summed E-state index contributed by atoms with van der Waals surface area (Å²) >= 11 is 0. The summed E-state index contributed by atoms with van der Waals surface area (Å²) < 4.78 is 5.81. The highest BCUT2D eigenvalue weighted by Gasteiger charge is 2.83. The van der Waals surface area contributed by atoms with E-state index < -0.39 is 12.3 Å². The van der Waals surface area contributed by atoms with Gasteiger partial charge in [-0.05, 0) is 30.9 Å². The number of likely N-dealkylation sites (N-methyl/N-ethyl adjacent to an activating group) is 1. The Morgan fingerprint density at radius 1 is 1.27 bits per heavy atom. The molecule has 6 heteroatoms. The largest absolute Gasteiger partial charge is 0.462 e. The molecule has 6 nitrogen and oxygen atoms in total. The number of carbonyl (C=O) groups excluding carboxylic acids is 1. The Morgan fingerprint density at radius 3 is 2.77 bits per heavy atom. The second-order valence-corrected chi connectivity index (χ2v) is 10.3. The van der Waals surface area contributed by atoms with Crippen molar-refractivity contribution < 1.29 is 24.2 Å². The number of aliphatic hydroxyl groups is 2. The van der Waals surface area contributed by atoms with E-state index in [-0.39, 0.29) is 47.9 Å². The first-order valence-corrected chi connectivity index (χ1v) is 11.6. The third-order valence-corrected chi connectivity index (χ3v) is 9.83. The van der Waals surface area contributed by atoms with Crippen molar-refractivity contribution in [2.45, 2.75) is 69.0 Å². The number of ether oxygens (including phenoxy) is 1. The Hall–Kier alpha value is -1.63. The minimum Gasteiger partial charge on any atom is -0.462 e. The summed E-state index contributed by atoms with van der Waals surface area (Å²) in [5, 5.41) is 23.7. The van der Waals surface area contributed by atoms with E-state index >= 15 is 0 Å². The topological polar surface area (TPSA) is 70.0 Å². The number of anilines is 1. The van der Waals surface area contributed by atoms with Crippen LogP contribution in [0.5, 0.6) is 0 Å². The van der Waals surface area contributed by atoms with Crippen LogP contribution in [0.3, 0.4) is 0 Å². The fourth-order valence-electron chi connectivity index (χ4n) is 9.13. The summed E-state index contributed by atoms with van der Waals surface area (Å²) in [5.41, 5.74) is 2.17. The van der Waals surface area contributed by atoms with Gasteiger partial charge in [0.2, 0.25) is 0 Å². The molecule has 0 amide bonds. The molecular weight excluding hydrogens is 380 g/mol. The SMILES string of the molecule is CCOC(=O)C[N+]12[C@H](O)[C@@H](CC)[C@@H]3C[C@@H]1[C@@H]1N(C)c4ccccc4[C@]14C[C@H]2[C@@H]3[C@@H]4O. The number of piperidine rings is 4. The van der Waals surface area contributed by atoms with Crippen molar-refractivity contribution in [2.75, 3.05) is 25.1 Å². The Kier molecular flexibility index (Phi) is 3.81. The average molecular weight is 414 g/mol. The molecule has 162 valence electrons. The van der Waals surface area contributed by atoms with E-state index in [2.05, 4.69) is 43.1 Å². The molecule has 0 aromatic heterocycles. The molecule has 5 heterocycles. The predicted octanol–water partition coefficient (Wildman–Crippen LogP) is 1.63. The van der Waals surface area contributed by atoms with E-state index in [0.717, 1.165) is 19.3 Å². The maximum Gasteiger partial charge on any atom is 0.361 e. The number of hydrogen-bond acceptors (Lipinski definition) is 5. The van der Waals surface area contributed by atoms with Crippen molar-refractivity contribution in [3.05, 3.63) is 29.8 Å². The molecule has 1 aromatic rings. The van der Waals surface area contributed by atoms with Crippen LogP contribution in [0.2, 0.25) is 0 Å². The predicted molar refractivity (Wildman–Crippen MR) is 112 cm³/mol. The zero-order chi connectivity index (χ0) is 21.0. The van der Waals surface area contributed by atoms with E-state index in [1.807, 2.05) is 6.92 Å². The van der Waals surface area contributed by atoms with Crippen LogP contribution in [0.25, 0.3) is 0 Å². The molecule has 1 spiro atoms. The molecule has 1 unspecified atom stereocenters. The number of hydrogen-bond donors (Lipinski definition) is 2. The monoisotopic (exact) mass is 413 g/mol. The minimum absolute atomic E-state index is 0.0954. The Balaban J connectivity index is 1.57. The number of nitrogens with zero attached hydrogens (tertiary/aromatic N) is 2. The van der Waals surface area contributed by atoms with Crippen molar-refractivity contribution in [1.82, 2.24) is 0 Å². The smallest absolute Gasteiger partial charge is 0.361 e. The van der Waals surface area contributed by atoms with Gasteiger partial charge in [0.1, 0.15) is 6.04 Å². The maximum absolute atomic E-state index is 12.8. The van der Waals surface area contributed by atoms with Crippen LogP contribution in [-0.2, 0) is 14.9 Å². The lowest BCUT2D eigenvalue weighted by molar-refractivity contribution is -1.03. The van der Waals surface area contributed by atoms with Gasteiger partial charge in [0.05, 0.1) is 30.2 Å². The number of para-hydroxylation sites is 1. The quantitative estimate of drug-likeness (QED) is 0.580. The molecule has 7 rings (SSSR count). The van der Waals surface area contributed by atoms with Crippen LogP contribution < -0.4 is 4.90 Å². The first-order valence-electron chi connectivity index (χ1n) is 11.6. The molecule has 0 radical (unpaired) electrons. The van der Waals surface area contributed by atoms with Crippen LogP contribution in [-0.4, -0.2) is 71.3 Å².